The van der Waals surface area contributed by atoms with E-state index < -0.39 is 0 Å². The molecule has 4 nitrogen and oxygen atoms in total. The lowest BCUT2D eigenvalue weighted by atomic mass is 9.83. The predicted molar refractivity (Wildman–Crippen MR) is 95.9 cm³/mol. The highest BCUT2D eigenvalue weighted by molar-refractivity contribution is 5.61. The molecule has 0 aliphatic carbocycles. The number of aryl methyl sites for hydroxylation is 1. The first-order valence-electron chi connectivity index (χ1n) is 8.02. The van der Waals surface area contributed by atoms with Crippen LogP contribution in [-0.2, 0) is 6.42 Å². The quantitative estimate of drug-likeness (QED) is 0.940. The van der Waals surface area contributed by atoms with Crippen LogP contribution in [0.4, 0.5) is 5.69 Å². The van der Waals surface area contributed by atoms with Gasteiger partial charge in [-0.3, -0.25) is 0 Å². The zero-order chi connectivity index (χ0) is 17.3. The first-order valence-corrected chi connectivity index (χ1v) is 8.02. The molecule has 24 heavy (non-hydrogen) atoms. The van der Waals surface area contributed by atoms with Crippen molar-refractivity contribution in [3.63, 3.8) is 0 Å². The standard InChI is InChI=1S/C20H21N3O/c1-4-13-5-7-14(8-6-13)19-16-10-9-15(23(2)3)11-18(16)24-20(22)17(19)12-21/h5-11,19H,4,22H2,1-3H3/t19-/m1/s1. The van der Waals surface area contributed by atoms with E-state index in [1.54, 1.807) is 0 Å². The molecular formula is C20H21N3O. The summed E-state index contributed by atoms with van der Waals surface area (Å²) in [4.78, 5) is 2.01. The molecule has 3 rings (SSSR count). The van der Waals surface area contributed by atoms with E-state index in [9.17, 15) is 5.26 Å². The van der Waals surface area contributed by atoms with E-state index in [-0.39, 0.29) is 11.8 Å². The van der Waals surface area contributed by atoms with Gasteiger partial charge in [0.15, 0.2) is 0 Å². The minimum absolute atomic E-state index is 0.186. The summed E-state index contributed by atoms with van der Waals surface area (Å²) in [5.41, 5.74) is 10.8. The monoisotopic (exact) mass is 319 g/mol. The second kappa shape index (κ2) is 6.29. The largest absolute Gasteiger partial charge is 0.440 e. The highest BCUT2D eigenvalue weighted by Gasteiger charge is 2.30. The van der Waals surface area contributed by atoms with Crippen LogP contribution in [0.1, 0.15) is 29.5 Å². The molecule has 4 heteroatoms. The first-order chi connectivity index (χ1) is 11.5. The van der Waals surface area contributed by atoms with Gasteiger partial charge >= 0.3 is 0 Å². The molecule has 0 aromatic heterocycles. The Morgan fingerprint density at radius 2 is 1.88 bits per heavy atom. The number of hydrogen-bond acceptors (Lipinski definition) is 4. The highest BCUT2D eigenvalue weighted by Crippen LogP contribution is 2.43. The molecule has 2 aromatic carbocycles. The van der Waals surface area contributed by atoms with Crippen molar-refractivity contribution in [2.24, 2.45) is 5.73 Å². The van der Waals surface area contributed by atoms with Crippen molar-refractivity contribution in [1.29, 1.82) is 5.26 Å². The lowest BCUT2D eigenvalue weighted by Gasteiger charge is -2.27. The zero-order valence-electron chi connectivity index (χ0n) is 14.2. The molecule has 0 bridgehead atoms. The van der Waals surface area contributed by atoms with Crippen molar-refractivity contribution in [2.45, 2.75) is 19.3 Å². The van der Waals surface area contributed by atoms with Crippen LogP contribution in [0.25, 0.3) is 0 Å². The van der Waals surface area contributed by atoms with Gasteiger partial charge in [-0.05, 0) is 23.6 Å². The molecule has 1 aliphatic heterocycles. The molecule has 0 fully saturated rings. The Balaban J connectivity index is 2.14. The molecule has 0 radical (unpaired) electrons. The Kier molecular flexibility index (Phi) is 4.18. The Bertz CT molecular complexity index is 829. The second-order valence-corrected chi connectivity index (χ2v) is 6.14. The maximum Gasteiger partial charge on any atom is 0.205 e. The number of hydrogen-bond donors (Lipinski definition) is 1. The van der Waals surface area contributed by atoms with E-state index in [1.807, 2.05) is 37.2 Å². The number of benzene rings is 2. The first kappa shape index (κ1) is 15.9. The van der Waals surface area contributed by atoms with Crippen LogP contribution >= 0.6 is 0 Å². The zero-order valence-corrected chi connectivity index (χ0v) is 14.2. The van der Waals surface area contributed by atoms with Gasteiger partial charge in [-0.1, -0.05) is 37.3 Å². The number of nitrogens with two attached hydrogens (primary N) is 1. The minimum Gasteiger partial charge on any atom is -0.440 e. The number of nitrogens with zero attached hydrogens (tertiary/aromatic N) is 2. The van der Waals surface area contributed by atoms with Crippen molar-refractivity contribution in [3.05, 3.63) is 70.6 Å². The number of anilines is 1. The average Bonchev–Trinajstić information content (AvgIpc) is 2.60. The molecule has 0 amide bonds. The SMILES string of the molecule is CCc1ccc([C@H]2C(C#N)=C(N)Oc3cc(N(C)C)ccc32)cc1. The topological polar surface area (TPSA) is 62.3 Å². The fourth-order valence-electron chi connectivity index (χ4n) is 3.01. The predicted octanol–water partition coefficient (Wildman–Crippen LogP) is 3.53. The van der Waals surface area contributed by atoms with Crippen LogP contribution in [0.3, 0.4) is 0 Å². The fourth-order valence-corrected chi connectivity index (χ4v) is 3.01. The third-order valence-electron chi connectivity index (χ3n) is 4.44. The maximum atomic E-state index is 9.59. The lowest BCUT2D eigenvalue weighted by Crippen LogP contribution is -2.21. The summed E-state index contributed by atoms with van der Waals surface area (Å²) >= 11 is 0. The van der Waals surface area contributed by atoms with E-state index in [1.165, 1.54) is 5.56 Å². The summed E-state index contributed by atoms with van der Waals surface area (Å²) in [5, 5.41) is 9.59. The Morgan fingerprint density at radius 1 is 1.17 bits per heavy atom. The van der Waals surface area contributed by atoms with Crippen LogP contribution in [0, 0.1) is 11.3 Å². The van der Waals surface area contributed by atoms with Crippen LogP contribution in [0.2, 0.25) is 0 Å². The van der Waals surface area contributed by atoms with E-state index in [0.717, 1.165) is 23.2 Å². The number of ether oxygens (including phenoxy) is 1. The molecule has 2 N–H and O–H groups in total. The van der Waals surface area contributed by atoms with E-state index in [0.29, 0.717) is 11.3 Å². The Hall–Kier alpha value is -2.93. The molecule has 1 heterocycles. The second-order valence-electron chi connectivity index (χ2n) is 6.14. The Labute approximate surface area is 142 Å². The summed E-state index contributed by atoms with van der Waals surface area (Å²) in [6.45, 7) is 2.13. The van der Waals surface area contributed by atoms with Gasteiger partial charge < -0.3 is 15.4 Å². The van der Waals surface area contributed by atoms with Crippen LogP contribution in [0.15, 0.2) is 53.9 Å². The van der Waals surface area contributed by atoms with Gasteiger partial charge in [-0.25, -0.2) is 0 Å². The Morgan fingerprint density at radius 3 is 2.46 bits per heavy atom. The van der Waals surface area contributed by atoms with Gasteiger partial charge in [0.2, 0.25) is 5.88 Å². The third kappa shape index (κ3) is 2.69. The molecule has 0 spiro atoms. The van der Waals surface area contributed by atoms with Gasteiger partial charge in [0, 0.05) is 31.4 Å². The molecular weight excluding hydrogens is 298 g/mol. The number of nitriles is 1. The van der Waals surface area contributed by atoms with Gasteiger partial charge in [0.25, 0.3) is 0 Å². The molecule has 2 aromatic rings. The van der Waals surface area contributed by atoms with E-state index >= 15 is 0 Å². The summed E-state index contributed by atoms with van der Waals surface area (Å²) in [6, 6.07) is 16.6. The maximum absolute atomic E-state index is 9.59. The fraction of sp³-hybridized carbons (Fsp3) is 0.250. The van der Waals surface area contributed by atoms with Crippen molar-refractivity contribution >= 4 is 5.69 Å². The lowest BCUT2D eigenvalue weighted by molar-refractivity contribution is 0.394. The van der Waals surface area contributed by atoms with Gasteiger partial charge in [-0.15, -0.1) is 0 Å². The smallest absolute Gasteiger partial charge is 0.205 e. The summed E-state index contributed by atoms with van der Waals surface area (Å²) in [6.07, 6.45) is 0.986. The molecule has 1 aliphatic rings. The van der Waals surface area contributed by atoms with Crippen molar-refractivity contribution in [1.82, 2.24) is 0 Å². The molecule has 0 unspecified atom stereocenters. The highest BCUT2D eigenvalue weighted by atomic mass is 16.5. The van der Waals surface area contributed by atoms with Crippen LogP contribution < -0.4 is 15.4 Å². The van der Waals surface area contributed by atoms with Crippen molar-refractivity contribution in [2.75, 3.05) is 19.0 Å². The molecule has 1 atom stereocenters. The normalized spacial score (nSPS) is 16.2. The summed E-state index contributed by atoms with van der Waals surface area (Å²) < 4.78 is 5.73. The van der Waals surface area contributed by atoms with Crippen molar-refractivity contribution in [3.8, 4) is 11.8 Å². The van der Waals surface area contributed by atoms with Crippen LogP contribution in [0.5, 0.6) is 5.75 Å². The van der Waals surface area contributed by atoms with E-state index in [4.69, 9.17) is 10.5 Å². The third-order valence-corrected chi connectivity index (χ3v) is 4.44. The van der Waals surface area contributed by atoms with Gasteiger partial charge in [0.05, 0.1) is 5.92 Å². The molecule has 0 saturated carbocycles. The number of allylic oxidation sites excluding steroid dienone is 1. The number of fused-ring (bicyclic) bond motifs is 1. The van der Waals surface area contributed by atoms with Gasteiger partial charge in [-0.2, -0.15) is 5.26 Å². The average molecular weight is 319 g/mol. The van der Waals surface area contributed by atoms with Gasteiger partial charge in [0.1, 0.15) is 17.4 Å². The van der Waals surface area contributed by atoms with E-state index in [2.05, 4.69) is 37.3 Å². The summed E-state index contributed by atoms with van der Waals surface area (Å²) in [7, 11) is 3.96. The minimum atomic E-state index is -0.194. The molecule has 122 valence electrons. The number of rotatable bonds is 3. The molecule has 0 saturated heterocycles. The summed E-state index contributed by atoms with van der Waals surface area (Å²) in [5.74, 6) is 0.702. The van der Waals surface area contributed by atoms with Crippen molar-refractivity contribution < 1.29 is 4.74 Å². The van der Waals surface area contributed by atoms with Crippen LogP contribution in [-0.4, -0.2) is 14.1 Å².